The molecule has 1 aliphatic rings. The van der Waals surface area contributed by atoms with E-state index in [1.54, 1.807) is 0 Å². The third-order valence-corrected chi connectivity index (χ3v) is 4.30. The van der Waals surface area contributed by atoms with E-state index in [0.717, 1.165) is 37.2 Å². The minimum atomic E-state index is -0.440. The zero-order chi connectivity index (χ0) is 16.9. The Morgan fingerprint density at radius 3 is 2.21 bits per heavy atom. The van der Waals surface area contributed by atoms with Crippen molar-refractivity contribution in [2.75, 3.05) is 17.2 Å². The number of halogens is 1. The van der Waals surface area contributed by atoms with Crippen LogP contribution in [-0.2, 0) is 9.59 Å². The van der Waals surface area contributed by atoms with Crippen LogP contribution in [0.3, 0.4) is 0 Å². The van der Waals surface area contributed by atoms with Crippen LogP contribution >= 0.6 is 12.4 Å². The summed E-state index contributed by atoms with van der Waals surface area (Å²) < 4.78 is 0. The minimum absolute atomic E-state index is 0. The number of carbonyl (C=O) groups is 2. The van der Waals surface area contributed by atoms with Crippen LogP contribution in [0.5, 0.6) is 0 Å². The number of amides is 2. The molecule has 134 valence electrons. The van der Waals surface area contributed by atoms with Crippen LogP contribution in [0.4, 0.5) is 11.4 Å². The monoisotopic (exact) mass is 353 g/mol. The highest BCUT2D eigenvalue weighted by Gasteiger charge is 2.38. The number of rotatable bonds is 6. The van der Waals surface area contributed by atoms with E-state index in [4.69, 9.17) is 0 Å². The predicted molar refractivity (Wildman–Crippen MR) is 101 cm³/mol. The Hall–Kier alpha value is -1.59. The summed E-state index contributed by atoms with van der Waals surface area (Å²) >= 11 is 0. The maximum atomic E-state index is 12.5. The quantitative estimate of drug-likeness (QED) is 0.732. The lowest BCUT2D eigenvalue weighted by Crippen LogP contribution is -2.50. The Balaban J connectivity index is 0.00000288. The zero-order valence-corrected chi connectivity index (χ0v) is 15.5. The van der Waals surface area contributed by atoms with Gasteiger partial charge in [0.25, 0.3) is 0 Å². The van der Waals surface area contributed by atoms with Crippen molar-refractivity contribution in [2.24, 2.45) is 5.92 Å². The van der Waals surface area contributed by atoms with Gasteiger partial charge in [-0.1, -0.05) is 20.8 Å². The average molecular weight is 354 g/mol. The molecule has 1 saturated heterocycles. The van der Waals surface area contributed by atoms with E-state index in [0.29, 0.717) is 12.3 Å². The van der Waals surface area contributed by atoms with E-state index in [1.807, 2.05) is 45.0 Å². The number of hydrogen-bond donors (Lipinski definition) is 3. The normalized spacial score (nSPS) is 19.7. The van der Waals surface area contributed by atoms with E-state index < -0.39 is 5.54 Å². The van der Waals surface area contributed by atoms with Gasteiger partial charge in [0.15, 0.2) is 0 Å². The summed E-state index contributed by atoms with van der Waals surface area (Å²) in [5.74, 6) is 0.365. The summed E-state index contributed by atoms with van der Waals surface area (Å²) in [4.78, 5) is 24.3. The Labute approximate surface area is 150 Å². The van der Waals surface area contributed by atoms with E-state index in [1.165, 1.54) is 0 Å². The van der Waals surface area contributed by atoms with E-state index >= 15 is 0 Å². The molecule has 1 unspecified atom stereocenters. The van der Waals surface area contributed by atoms with Gasteiger partial charge in [0.1, 0.15) is 0 Å². The number of anilines is 2. The van der Waals surface area contributed by atoms with Crippen LogP contribution in [0.1, 0.15) is 46.5 Å². The fourth-order valence-electron chi connectivity index (χ4n) is 2.93. The standard InChI is InChI=1S/C18H27N3O2.ClH/c1-4-18(10-5-11-19-18)17(23)21-15-8-6-14(7-9-15)20-16(22)12-13(2)3;/h6-9,13,19H,4-5,10-12H2,1-3H3,(H,20,22)(H,21,23);1H. The molecule has 5 nitrogen and oxygen atoms in total. The maximum Gasteiger partial charge on any atom is 0.244 e. The molecule has 3 N–H and O–H groups in total. The smallest absolute Gasteiger partial charge is 0.244 e. The van der Waals surface area contributed by atoms with Crippen LogP contribution in [0.15, 0.2) is 24.3 Å². The SMILES string of the molecule is CCC1(C(=O)Nc2ccc(NC(=O)CC(C)C)cc2)CCCN1.Cl. The number of hydrogen-bond acceptors (Lipinski definition) is 3. The lowest BCUT2D eigenvalue weighted by atomic mass is 9.93. The van der Waals surface area contributed by atoms with Crippen LogP contribution in [0, 0.1) is 5.92 Å². The lowest BCUT2D eigenvalue weighted by molar-refractivity contribution is -0.122. The number of benzene rings is 1. The predicted octanol–water partition coefficient (Wildman–Crippen LogP) is 3.56. The van der Waals surface area contributed by atoms with Crippen molar-refractivity contribution in [3.8, 4) is 0 Å². The molecule has 24 heavy (non-hydrogen) atoms. The maximum absolute atomic E-state index is 12.5. The van der Waals surface area contributed by atoms with Gasteiger partial charge in [-0.05, 0) is 56.0 Å². The van der Waals surface area contributed by atoms with Gasteiger partial charge in [0.05, 0.1) is 5.54 Å². The lowest BCUT2D eigenvalue weighted by Gasteiger charge is -2.26. The summed E-state index contributed by atoms with van der Waals surface area (Å²) in [7, 11) is 0. The Bertz CT molecular complexity index is 552. The molecule has 2 rings (SSSR count). The molecular weight excluding hydrogens is 326 g/mol. The van der Waals surface area contributed by atoms with Gasteiger partial charge in [-0.2, -0.15) is 0 Å². The zero-order valence-electron chi connectivity index (χ0n) is 14.6. The molecule has 0 bridgehead atoms. The first-order valence-corrected chi connectivity index (χ1v) is 8.41. The Kier molecular flexibility index (Phi) is 7.70. The van der Waals surface area contributed by atoms with Crippen LogP contribution in [0.25, 0.3) is 0 Å². The second kappa shape index (κ2) is 9.04. The molecule has 1 aromatic rings. The van der Waals surface area contributed by atoms with E-state index in [9.17, 15) is 9.59 Å². The van der Waals surface area contributed by atoms with Gasteiger partial charge < -0.3 is 16.0 Å². The molecule has 1 atom stereocenters. The van der Waals surface area contributed by atoms with Crippen molar-refractivity contribution in [1.82, 2.24) is 5.32 Å². The highest BCUT2D eigenvalue weighted by molar-refractivity contribution is 5.98. The molecule has 0 saturated carbocycles. The Morgan fingerprint density at radius 2 is 1.75 bits per heavy atom. The van der Waals surface area contributed by atoms with Gasteiger partial charge in [0.2, 0.25) is 11.8 Å². The average Bonchev–Trinajstić information content (AvgIpc) is 2.98. The van der Waals surface area contributed by atoms with Crippen LogP contribution in [-0.4, -0.2) is 23.9 Å². The summed E-state index contributed by atoms with van der Waals surface area (Å²) in [5, 5.41) is 9.16. The fourth-order valence-corrected chi connectivity index (χ4v) is 2.93. The second-order valence-electron chi connectivity index (χ2n) is 6.64. The first-order chi connectivity index (χ1) is 10.9. The summed E-state index contributed by atoms with van der Waals surface area (Å²) in [6, 6.07) is 7.27. The first-order valence-electron chi connectivity index (χ1n) is 8.41. The Morgan fingerprint density at radius 1 is 1.17 bits per heavy atom. The second-order valence-corrected chi connectivity index (χ2v) is 6.64. The van der Waals surface area contributed by atoms with Crippen molar-refractivity contribution in [1.29, 1.82) is 0 Å². The summed E-state index contributed by atoms with van der Waals surface area (Å²) in [6.07, 6.45) is 3.19. The fraction of sp³-hybridized carbons (Fsp3) is 0.556. The topological polar surface area (TPSA) is 70.2 Å². The van der Waals surface area contributed by atoms with E-state index in [-0.39, 0.29) is 24.2 Å². The minimum Gasteiger partial charge on any atom is -0.326 e. The largest absolute Gasteiger partial charge is 0.326 e. The highest BCUT2D eigenvalue weighted by atomic mass is 35.5. The molecule has 1 aliphatic heterocycles. The highest BCUT2D eigenvalue weighted by Crippen LogP contribution is 2.25. The number of carbonyl (C=O) groups excluding carboxylic acids is 2. The molecule has 2 amide bonds. The van der Waals surface area contributed by atoms with Gasteiger partial charge in [-0.15, -0.1) is 12.4 Å². The molecule has 1 aromatic carbocycles. The molecule has 0 aliphatic carbocycles. The molecule has 6 heteroatoms. The van der Waals surface area contributed by atoms with Crippen LogP contribution in [0.2, 0.25) is 0 Å². The third kappa shape index (κ3) is 5.21. The molecular formula is C18H28ClN3O2. The van der Waals surface area contributed by atoms with Gasteiger partial charge in [-0.3, -0.25) is 9.59 Å². The van der Waals surface area contributed by atoms with Crippen molar-refractivity contribution < 1.29 is 9.59 Å². The number of nitrogens with one attached hydrogen (secondary N) is 3. The molecule has 1 fully saturated rings. The van der Waals surface area contributed by atoms with Crippen molar-refractivity contribution in [2.45, 2.75) is 52.0 Å². The summed E-state index contributed by atoms with van der Waals surface area (Å²) in [5.41, 5.74) is 1.06. The molecule has 0 aromatic heterocycles. The van der Waals surface area contributed by atoms with Gasteiger partial charge in [0, 0.05) is 17.8 Å². The molecule has 0 radical (unpaired) electrons. The van der Waals surface area contributed by atoms with Crippen LogP contribution < -0.4 is 16.0 Å². The van der Waals surface area contributed by atoms with Crippen molar-refractivity contribution in [3.05, 3.63) is 24.3 Å². The van der Waals surface area contributed by atoms with E-state index in [2.05, 4.69) is 16.0 Å². The third-order valence-electron chi connectivity index (χ3n) is 4.30. The molecule has 1 heterocycles. The first kappa shape index (κ1) is 20.5. The van der Waals surface area contributed by atoms with Gasteiger partial charge in [-0.25, -0.2) is 0 Å². The molecule has 0 spiro atoms. The van der Waals surface area contributed by atoms with Crippen molar-refractivity contribution in [3.63, 3.8) is 0 Å². The van der Waals surface area contributed by atoms with Crippen molar-refractivity contribution >= 4 is 35.6 Å². The van der Waals surface area contributed by atoms with Gasteiger partial charge >= 0.3 is 0 Å². The summed E-state index contributed by atoms with van der Waals surface area (Å²) in [6.45, 7) is 6.95.